The lowest BCUT2D eigenvalue weighted by atomic mass is 9.92. The Balaban J connectivity index is 0.00000121. The molecule has 2 atom stereocenters. The van der Waals surface area contributed by atoms with Crippen LogP contribution in [0.25, 0.3) is 10.6 Å². The molecule has 26 heavy (non-hydrogen) atoms. The highest BCUT2D eigenvalue weighted by Gasteiger charge is 2.31. The van der Waals surface area contributed by atoms with E-state index in [0.717, 1.165) is 72.7 Å². The Morgan fingerprint density at radius 1 is 1.19 bits per heavy atom. The number of rotatable bonds is 2. The van der Waals surface area contributed by atoms with Crippen LogP contribution in [-0.2, 0) is 0 Å². The molecular weight excluding hydrogens is 389 g/mol. The summed E-state index contributed by atoms with van der Waals surface area (Å²) in [7, 11) is 0. The summed E-state index contributed by atoms with van der Waals surface area (Å²) in [5.41, 5.74) is 2.85. The molecule has 0 aliphatic carbocycles. The van der Waals surface area contributed by atoms with Crippen molar-refractivity contribution < 1.29 is 4.79 Å². The highest BCUT2D eigenvalue weighted by atomic mass is 35.5. The highest BCUT2D eigenvalue weighted by molar-refractivity contribution is 7.13. The van der Waals surface area contributed by atoms with Gasteiger partial charge < -0.3 is 10.2 Å². The third-order valence-corrected chi connectivity index (χ3v) is 6.29. The molecule has 0 spiro atoms. The molecule has 0 saturated carbocycles. The smallest absolute Gasteiger partial charge is 0.253 e. The predicted molar refractivity (Wildman–Crippen MR) is 112 cm³/mol. The van der Waals surface area contributed by atoms with Crippen LogP contribution in [-0.4, -0.2) is 42.0 Å². The fourth-order valence-electron chi connectivity index (χ4n) is 3.88. The van der Waals surface area contributed by atoms with Crippen LogP contribution in [0.4, 0.5) is 0 Å². The van der Waals surface area contributed by atoms with Crippen LogP contribution in [0.5, 0.6) is 0 Å². The lowest BCUT2D eigenvalue weighted by Crippen LogP contribution is -2.32. The van der Waals surface area contributed by atoms with E-state index in [2.05, 4.69) is 10.3 Å². The first kappa shape index (κ1) is 21.2. The Hall–Kier alpha value is -1.14. The predicted octanol–water partition coefficient (Wildman–Crippen LogP) is 4.03. The van der Waals surface area contributed by atoms with Gasteiger partial charge in [-0.05, 0) is 56.8 Å². The number of halogens is 2. The minimum Gasteiger partial charge on any atom is -0.339 e. The number of carbonyl (C=O) groups excluding carboxylic acids is 1. The number of likely N-dealkylation sites (tertiary alicyclic amines) is 1. The standard InChI is InChI=1S/C19H23N3OS.2ClH/c1-13-12-24-18(21-13)14-3-2-4-15(9-14)19(23)22-7-5-16-10-20-11-17(16)6-8-22;;/h2-4,9,12,16-17,20H,5-8,10-11H2,1H3;2*1H/t16-,17+;;. The number of aryl methyl sites for hydroxylation is 1. The number of nitrogens with zero attached hydrogens (tertiary/aromatic N) is 2. The largest absolute Gasteiger partial charge is 0.339 e. The fraction of sp³-hybridized carbons (Fsp3) is 0.474. The molecule has 1 amide bonds. The lowest BCUT2D eigenvalue weighted by Gasteiger charge is -2.21. The Bertz CT molecular complexity index is 738. The molecule has 3 heterocycles. The van der Waals surface area contributed by atoms with Gasteiger partial charge in [-0.25, -0.2) is 4.98 Å². The van der Waals surface area contributed by atoms with Crippen molar-refractivity contribution in [3.05, 3.63) is 40.9 Å². The first-order chi connectivity index (χ1) is 11.7. The maximum atomic E-state index is 13.0. The number of fused-ring (bicyclic) bond motifs is 1. The van der Waals surface area contributed by atoms with Gasteiger partial charge in [0.1, 0.15) is 5.01 Å². The van der Waals surface area contributed by atoms with Crippen molar-refractivity contribution >= 4 is 42.1 Å². The number of hydrogen-bond donors (Lipinski definition) is 1. The molecule has 2 aliphatic rings. The topological polar surface area (TPSA) is 45.2 Å². The first-order valence-corrected chi connectivity index (χ1v) is 9.61. The van der Waals surface area contributed by atoms with Crippen molar-refractivity contribution in [2.24, 2.45) is 11.8 Å². The van der Waals surface area contributed by atoms with Gasteiger partial charge in [0.2, 0.25) is 0 Å². The number of carbonyl (C=O) groups is 1. The molecule has 0 unspecified atom stereocenters. The van der Waals surface area contributed by atoms with E-state index < -0.39 is 0 Å². The van der Waals surface area contributed by atoms with Crippen molar-refractivity contribution in [3.63, 3.8) is 0 Å². The molecule has 2 aliphatic heterocycles. The van der Waals surface area contributed by atoms with Gasteiger partial charge in [-0.15, -0.1) is 36.2 Å². The molecule has 2 fully saturated rings. The summed E-state index contributed by atoms with van der Waals surface area (Å²) in [5.74, 6) is 1.65. The maximum absolute atomic E-state index is 13.0. The van der Waals surface area contributed by atoms with Gasteiger partial charge in [-0.2, -0.15) is 0 Å². The second-order valence-electron chi connectivity index (χ2n) is 6.92. The molecule has 142 valence electrons. The third kappa shape index (κ3) is 4.39. The first-order valence-electron chi connectivity index (χ1n) is 8.73. The fourth-order valence-corrected chi connectivity index (χ4v) is 4.67. The molecule has 4 nitrogen and oxygen atoms in total. The van der Waals surface area contributed by atoms with E-state index >= 15 is 0 Å². The Labute approximate surface area is 171 Å². The maximum Gasteiger partial charge on any atom is 0.253 e. The summed E-state index contributed by atoms with van der Waals surface area (Å²) in [6, 6.07) is 7.93. The molecule has 0 radical (unpaired) electrons. The second-order valence-corrected chi connectivity index (χ2v) is 7.78. The van der Waals surface area contributed by atoms with E-state index in [1.54, 1.807) is 11.3 Å². The van der Waals surface area contributed by atoms with Crippen LogP contribution in [0.3, 0.4) is 0 Å². The van der Waals surface area contributed by atoms with Gasteiger partial charge in [0.15, 0.2) is 0 Å². The van der Waals surface area contributed by atoms with E-state index in [0.29, 0.717) is 0 Å². The minimum atomic E-state index is 0. The molecule has 0 bridgehead atoms. The zero-order valence-corrected chi connectivity index (χ0v) is 17.3. The molecule has 7 heteroatoms. The summed E-state index contributed by atoms with van der Waals surface area (Å²) >= 11 is 1.63. The Kier molecular flexibility index (Phi) is 7.47. The van der Waals surface area contributed by atoms with Crippen molar-refractivity contribution in [2.75, 3.05) is 26.2 Å². The number of benzene rings is 1. The molecule has 1 N–H and O–H groups in total. The van der Waals surface area contributed by atoms with Crippen molar-refractivity contribution in [3.8, 4) is 10.6 Å². The SMILES string of the molecule is Cc1csc(-c2cccc(C(=O)N3CC[C@@H]4CNC[C@@H]4CC3)c2)n1.Cl.Cl. The number of hydrogen-bond acceptors (Lipinski definition) is 4. The van der Waals surface area contributed by atoms with E-state index in [4.69, 9.17) is 0 Å². The monoisotopic (exact) mass is 413 g/mol. The average molecular weight is 414 g/mol. The molecule has 1 aromatic carbocycles. The summed E-state index contributed by atoms with van der Waals surface area (Å²) in [4.78, 5) is 19.5. The quantitative estimate of drug-likeness (QED) is 0.807. The van der Waals surface area contributed by atoms with Crippen molar-refractivity contribution in [1.29, 1.82) is 0 Å². The molecule has 2 saturated heterocycles. The normalized spacial score (nSPS) is 22.0. The van der Waals surface area contributed by atoms with Gasteiger partial charge in [-0.3, -0.25) is 4.79 Å². The summed E-state index contributed by atoms with van der Waals surface area (Å²) in [6.45, 7) is 5.99. The van der Waals surface area contributed by atoms with Crippen LogP contribution >= 0.6 is 36.2 Å². The van der Waals surface area contributed by atoms with Crippen LogP contribution in [0.2, 0.25) is 0 Å². The zero-order chi connectivity index (χ0) is 16.5. The van der Waals surface area contributed by atoms with Gasteiger partial charge >= 0.3 is 0 Å². The number of thiazole rings is 1. The molecular formula is C19H25Cl2N3OS. The van der Waals surface area contributed by atoms with Crippen LogP contribution in [0.15, 0.2) is 29.6 Å². The third-order valence-electron chi connectivity index (χ3n) is 5.28. The minimum absolute atomic E-state index is 0. The zero-order valence-electron chi connectivity index (χ0n) is 14.8. The van der Waals surface area contributed by atoms with Gasteiger partial charge in [-0.1, -0.05) is 12.1 Å². The van der Waals surface area contributed by atoms with E-state index in [1.165, 1.54) is 0 Å². The van der Waals surface area contributed by atoms with E-state index in [1.807, 2.05) is 41.5 Å². The second kappa shape index (κ2) is 9.18. The molecule has 1 aromatic heterocycles. The van der Waals surface area contributed by atoms with Crippen LogP contribution < -0.4 is 5.32 Å². The van der Waals surface area contributed by atoms with Gasteiger partial charge in [0, 0.05) is 35.3 Å². The summed E-state index contributed by atoms with van der Waals surface area (Å²) < 4.78 is 0. The number of aromatic nitrogens is 1. The number of amides is 1. The highest BCUT2D eigenvalue weighted by Crippen LogP contribution is 2.29. The number of nitrogens with one attached hydrogen (secondary N) is 1. The molecule has 2 aromatic rings. The van der Waals surface area contributed by atoms with Gasteiger partial charge in [0.25, 0.3) is 5.91 Å². The average Bonchev–Trinajstić information content (AvgIpc) is 3.19. The summed E-state index contributed by atoms with van der Waals surface area (Å²) in [5, 5.41) is 6.52. The van der Waals surface area contributed by atoms with E-state index in [-0.39, 0.29) is 30.7 Å². The molecule has 4 rings (SSSR count). The summed E-state index contributed by atoms with van der Waals surface area (Å²) in [6.07, 6.45) is 2.24. The van der Waals surface area contributed by atoms with Crippen LogP contribution in [0.1, 0.15) is 28.9 Å². The Morgan fingerprint density at radius 3 is 2.50 bits per heavy atom. The van der Waals surface area contributed by atoms with Crippen molar-refractivity contribution in [2.45, 2.75) is 19.8 Å². The Morgan fingerprint density at radius 2 is 1.88 bits per heavy atom. The van der Waals surface area contributed by atoms with Crippen LogP contribution in [0, 0.1) is 18.8 Å². The van der Waals surface area contributed by atoms with Gasteiger partial charge in [0.05, 0.1) is 0 Å². The van der Waals surface area contributed by atoms with E-state index in [9.17, 15) is 4.79 Å². The van der Waals surface area contributed by atoms with Crippen molar-refractivity contribution in [1.82, 2.24) is 15.2 Å². The lowest BCUT2D eigenvalue weighted by molar-refractivity contribution is 0.0758.